The maximum Gasteiger partial charge on any atom is 0.220 e. The van der Waals surface area contributed by atoms with E-state index in [9.17, 15) is 14.7 Å². The fourth-order valence-corrected chi connectivity index (χ4v) is 7.33. The third-order valence-corrected chi connectivity index (χ3v) is 10.1. The lowest BCUT2D eigenvalue weighted by molar-refractivity contribution is -0.349. The Hall–Kier alpha value is -2.66. The standard InChI is InChI=1S/C39H55NO8/c1-4-5-6-7-8-9-10-17-22-32(42)40-34-30(23-41)44-24-26(2)36(34)47-39-33(35(43)28-18-13-11-14-19-28)27(3)37-31(46-39)25-45-38(48-37)29-20-15-12-16-21-29/h11-16,18-21,26-27,30-31,33-34,36-39,41H,4-10,17,22-25H2,1-3H3,(H,40,42)/t26?,27-,30?,31?,33?,34+,36-,37-,38?,39-/m1/s1. The lowest BCUT2D eigenvalue weighted by atomic mass is 9.78. The Labute approximate surface area is 286 Å². The monoisotopic (exact) mass is 665 g/mol. The van der Waals surface area contributed by atoms with Crippen LogP contribution in [0.5, 0.6) is 0 Å². The van der Waals surface area contributed by atoms with Gasteiger partial charge in [0, 0.05) is 29.4 Å². The number of amides is 1. The highest BCUT2D eigenvalue weighted by atomic mass is 16.7. The fraction of sp³-hybridized carbons (Fsp3) is 0.641. The van der Waals surface area contributed by atoms with E-state index >= 15 is 0 Å². The molecule has 0 bridgehead atoms. The minimum Gasteiger partial charge on any atom is -0.394 e. The Balaban J connectivity index is 1.30. The van der Waals surface area contributed by atoms with Crippen LogP contribution in [0.1, 0.15) is 101 Å². The van der Waals surface area contributed by atoms with E-state index in [-0.39, 0.29) is 36.7 Å². The molecular weight excluding hydrogens is 610 g/mol. The smallest absolute Gasteiger partial charge is 0.220 e. The molecule has 2 aromatic carbocycles. The minimum atomic E-state index is -0.925. The van der Waals surface area contributed by atoms with Crippen molar-refractivity contribution in [3.63, 3.8) is 0 Å². The van der Waals surface area contributed by atoms with E-state index in [4.69, 9.17) is 23.7 Å². The molecule has 0 radical (unpaired) electrons. The van der Waals surface area contributed by atoms with E-state index < -0.39 is 49.0 Å². The number of carbonyl (C=O) groups excluding carboxylic acids is 2. The molecule has 2 N–H and O–H groups in total. The number of benzene rings is 2. The molecule has 5 rings (SSSR count). The first kappa shape index (κ1) is 36.6. The molecule has 0 aromatic heterocycles. The van der Waals surface area contributed by atoms with Crippen LogP contribution in [0.2, 0.25) is 0 Å². The Morgan fingerprint density at radius 2 is 1.52 bits per heavy atom. The van der Waals surface area contributed by atoms with Crippen LogP contribution in [0.4, 0.5) is 0 Å². The molecule has 3 fully saturated rings. The van der Waals surface area contributed by atoms with Crippen LogP contribution >= 0.6 is 0 Å². The molecule has 3 heterocycles. The fourth-order valence-electron chi connectivity index (χ4n) is 7.33. The molecule has 48 heavy (non-hydrogen) atoms. The Morgan fingerprint density at radius 3 is 2.21 bits per heavy atom. The van der Waals surface area contributed by atoms with Gasteiger partial charge in [-0.05, 0) is 6.42 Å². The molecular formula is C39H55NO8. The van der Waals surface area contributed by atoms with E-state index in [1.165, 1.54) is 32.1 Å². The topological polar surface area (TPSA) is 113 Å². The average molecular weight is 666 g/mol. The van der Waals surface area contributed by atoms with Gasteiger partial charge < -0.3 is 34.1 Å². The number of nitrogens with one attached hydrogen (secondary N) is 1. The number of carbonyl (C=O) groups is 2. The second kappa shape index (κ2) is 18.4. The van der Waals surface area contributed by atoms with Crippen LogP contribution in [-0.4, -0.2) is 73.4 Å². The van der Waals surface area contributed by atoms with Crippen molar-refractivity contribution >= 4 is 11.7 Å². The van der Waals surface area contributed by atoms with Gasteiger partial charge in [0.25, 0.3) is 0 Å². The van der Waals surface area contributed by atoms with E-state index in [1.54, 1.807) is 0 Å². The average Bonchev–Trinajstić information content (AvgIpc) is 3.11. The van der Waals surface area contributed by atoms with Crippen LogP contribution in [-0.2, 0) is 28.5 Å². The lowest BCUT2D eigenvalue weighted by Crippen LogP contribution is -2.63. The maximum atomic E-state index is 14.2. The first-order valence-corrected chi connectivity index (χ1v) is 18.1. The Bertz CT molecular complexity index is 1260. The summed E-state index contributed by atoms with van der Waals surface area (Å²) in [6.45, 7) is 6.59. The summed E-state index contributed by atoms with van der Waals surface area (Å²) in [5.41, 5.74) is 1.48. The number of rotatable bonds is 16. The molecule has 5 unspecified atom stereocenters. The lowest BCUT2D eigenvalue weighted by Gasteiger charge is -2.50. The predicted molar refractivity (Wildman–Crippen MR) is 182 cm³/mol. The summed E-state index contributed by atoms with van der Waals surface area (Å²) in [4.78, 5) is 27.4. The van der Waals surface area contributed by atoms with Crippen LogP contribution in [0.25, 0.3) is 0 Å². The molecule has 1 amide bonds. The van der Waals surface area contributed by atoms with Crippen molar-refractivity contribution in [3.8, 4) is 0 Å². The Kier molecular flexibility index (Phi) is 14.0. The van der Waals surface area contributed by atoms with Crippen molar-refractivity contribution in [1.29, 1.82) is 0 Å². The van der Waals surface area contributed by atoms with Crippen molar-refractivity contribution in [2.75, 3.05) is 19.8 Å². The molecule has 2 aromatic rings. The van der Waals surface area contributed by atoms with Crippen molar-refractivity contribution in [2.24, 2.45) is 17.8 Å². The number of hydrogen-bond donors (Lipinski definition) is 2. The number of hydrogen-bond acceptors (Lipinski definition) is 8. The van der Waals surface area contributed by atoms with E-state index in [2.05, 4.69) is 12.2 Å². The largest absolute Gasteiger partial charge is 0.394 e. The summed E-state index contributed by atoms with van der Waals surface area (Å²) in [5.74, 6) is -1.26. The van der Waals surface area contributed by atoms with Gasteiger partial charge in [0.15, 0.2) is 18.4 Å². The second-order valence-electron chi connectivity index (χ2n) is 13.8. The number of ketones is 1. The summed E-state index contributed by atoms with van der Waals surface area (Å²) in [7, 11) is 0. The van der Waals surface area contributed by atoms with Gasteiger partial charge in [-0.25, -0.2) is 0 Å². The number of unbranched alkanes of at least 4 members (excludes halogenated alkanes) is 7. The van der Waals surface area contributed by atoms with E-state index in [0.29, 0.717) is 18.6 Å². The highest BCUT2D eigenvalue weighted by molar-refractivity contribution is 5.98. The van der Waals surface area contributed by atoms with Gasteiger partial charge >= 0.3 is 0 Å². The van der Waals surface area contributed by atoms with Crippen molar-refractivity contribution in [1.82, 2.24) is 5.32 Å². The number of fused-ring (bicyclic) bond motifs is 1. The molecule has 264 valence electrons. The van der Waals surface area contributed by atoms with Gasteiger partial charge in [0.05, 0.1) is 44.0 Å². The molecule has 3 saturated heterocycles. The predicted octanol–water partition coefficient (Wildman–Crippen LogP) is 6.39. The van der Waals surface area contributed by atoms with Crippen LogP contribution in [0.3, 0.4) is 0 Å². The molecule has 3 aliphatic heterocycles. The summed E-state index contributed by atoms with van der Waals surface area (Å²) in [6, 6.07) is 18.4. The van der Waals surface area contributed by atoms with Gasteiger partial charge in [-0.15, -0.1) is 0 Å². The van der Waals surface area contributed by atoms with Crippen LogP contribution in [0.15, 0.2) is 60.7 Å². The highest BCUT2D eigenvalue weighted by Gasteiger charge is 2.53. The molecule has 3 aliphatic rings. The van der Waals surface area contributed by atoms with Gasteiger partial charge in [0.1, 0.15) is 12.2 Å². The van der Waals surface area contributed by atoms with Crippen molar-refractivity contribution in [3.05, 3.63) is 71.8 Å². The molecule has 9 nitrogen and oxygen atoms in total. The van der Waals surface area contributed by atoms with Gasteiger partial charge in [0.2, 0.25) is 5.91 Å². The second-order valence-corrected chi connectivity index (χ2v) is 13.8. The summed E-state index contributed by atoms with van der Waals surface area (Å²) >= 11 is 0. The molecule has 0 aliphatic carbocycles. The third kappa shape index (κ3) is 9.31. The maximum absolute atomic E-state index is 14.2. The summed E-state index contributed by atoms with van der Waals surface area (Å²) in [5, 5.41) is 13.4. The summed E-state index contributed by atoms with van der Waals surface area (Å²) in [6.07, 6.45) is 6.04. The minimum absolute atomic E-state index is 0.0910. The molecule has 0 saturated carbocycles. The van der Waals surface area contributed by atoms with Crippen molar-refractivity contribution in [2.45, 2.75) is 122 Å². The first-order valence-electron chi connectivity index (χ1n) is 18.1. The molecule has 10 atom stereocenters. The number of aliphatic hydroxyl groups is 1. The quantitative estimate of drug-likeness (QED) is 0.157. The zero-order chi connectivity index (χ0) is 33.9. The number of Topliss-reactive ketones (excluding diaryl/α,β-unsaturated/α-hetero) is 1. The zero-order valence-corrected chi connectivity index (χ0v) is 28.8. The van der Waals surface area contributed by atoms with E-state index in [1.807, 2.05) is 74.5 Å². The number of aliphatic hydroxyl groups excluding tert-OH is 1. The van der Waals surface area contributed by atoms with Gasteiger partial charge in [-0.2, -0.15) is 0 Å². The summed E-state index contributed by atoms with van der Waals surface area (Å²) < 4.78 is 32.0. The molecule has 0 spiro atoms. The van der Waals surface area contributed by atoms with Gasteiger partial charge in [-0.3, -0.25) is 9.59 Å². The SMILES string of the molecule is CCCCCCCCCCC(=O)N[C@H]1C(CO)OCC(C)[C@H]1O[C@H]1OC2COC(c3ccccc3)O[C@@H]2[C@H](C)C1C(=O)c1ccccc1. The zero-order valence-electron chi connectivity index (χ0n) is 28.8. The normalized spacial score (nSPS) is 31.9. The first-order chi connectivity index (χ1) is 23.4. The van der Waals surface area contributed by atoms with Gasteiger partial charge in [-0.1, -0.05) is 126 Å². The van der Waals surface area contributed by atoms with Crippen LogP contribution in [0, 0.1) is 17.8 Å². The number of ether oxygens (including phenoxy) is 5. The Morgan fingerprint density at radius 1 is 0.854 bits per heavy atom. The van der Waals surface area contributed by atoms with E-state index in [0.717, 1.165) is 24.8 Å². The molecule has 9 heteroatoms. The third-order valence-electron chi connectivity index (χ3n) is 10.1. The van der Waals surface area contributed by atoms with Crippen LogP contribution < -0.4 is 5.32 Å². The van der Waals surface area contributed by atoms with Crippen molar-refractivity contribution < 1.29 is 38.4 Å². The highest BCUT2D eigenvalue weighted by Crippen LogP contribution is 2.42.